The van der Waals surface area contributed by atoms with Crippen LogP contribution in [0.5, 0.6) is 0 Å². The van der Waals surface area contributed by atoms with Gasteiger partial charge in [-0.15, -0.1) is 12.4 Å². The highest BCUT2D eigenvalue weighted by atomic mass is 35.5. The number of amides is 2. The first-order chi connectivity index (χ1) is 11.7. The lowest BCUT2D eigenvalue weighted by molar-refractivity contribution is -0.132. The average molecular weight is 368 g/mol. The highest BCUT2D eigenvalue weighted by molar-refractivity contribution is 5.85. The Kier molecular flexibility index (Phi) is 7.23. The first-order valence-corrected chi connectivity index (χ1v) is 8.65. The average Bonchev–Trinajstić information content (AvgIpc) is 3.23. The van der Waals surface area contributed by atoms with Crippen LogP contribution in [0.1, 0.15) is 36.8 Å². The highest BCUT2D eigenvalue weighted by Crippen LogP contribution is 2.20. The van der Waals surface area contributed by atoms with Gasteiger partial charge in [-0.3, -0.25) is 9.59 Å². The molecule has 7 heteroatoms. The third kappa shape index (κ3) is 4.93. The largest absolute Gasteiger partial charge is 0.364 e. The van der Waals surface area contributed by atoms with Gasteiger partial charge in [-0.25, -0.2) is 0 Å². The molecule has 0 unspecified atom stereocenters. The summed E-state index contributed by atoms with van der Waals surface area (Å²) >= 11 is 0. The molecule has 3 rings (SSSR count). The Morgan fingerprint density at radius 1 is 1.28 bits per heavy atom. The van der Waals surface area contributed by atoms with Crippen molar-refractivity contribution in [3.63, 3.8) is 0 Å². The monoisotopic (exact) mass is 367 g/mol. The Bertz CT molecular complexity index is 611. The minimum Gasteiger partial charge on any atom is -0.364 e. The predicted octanol–water partition coefficient (Wildman–Crippen LogP) is 1.35. The van der Waals surface area contributed by atoms with Gasteiger partial charge in [-0.1, -0.05) is 24.3 Å². The molecule has 0 aliphatic carbocycles. The number of likely N-dealkylation sites (tertiary alicyclic amines) is 1. The summed E-state index contributed by atoms with van der Waals surface area (Å²) in [6, 6.07) is 7.93. The lowest BCUT2D eigenvalue weighted by atomic mass is 10.1. The Labute approximate surface area is 154 Å². The fourth-order valence-corrected chi connectivity index (χ4v) is 3.33. The van der Waals surface area contributed by atoms with Gasteiger partial charge in [-0.2, -0.15) is 0 Å². The molecule has 2 heterocycles. The molecule has 2 amide bonds. The quantitative estimate of drug-likeness (QED) is 0.795. The number of halogens is 1. The number of carbonyl (C=O) groups is 2. The van der Waals surface area contributed by atoms with Crippen molar-refractivity contribution in [2.24, 2.45) is 5.73 Å². The van der Waals surface area contributed by atoms with Crippen LogP contribution in [0.4, 0.5) is 0 Å². The van der Waals surface area contributed by atoms with Gasteiger partial charge in [0.05, 0.1) is 6.10 Å². The molecule has 0 aromatic heterocycles. The van der Waals surface area contributed by atoms with E-state index in [4.69, 9.17) is 10.5 Å². The number of ether oxygens (including phenoxy) is 1. The molecule has 2 aliphatic heterocycles. The van der Waals surface area contributed by atoms with Crippen LogP contribution in [0.2, 0.25) is 0 Å². The van der Waals surface area contributed by atoms with Crippen LogP contribution in [0, 0.1) is 0 Å². The van der Waals surface area contributed by atoms with Gasteiger partial charge in [0.1, 0.15) is 6.10 Å². The molecule has 138 valence electrons. The molecule has 0 radical (unpaired) electrons. The van der Waals surface area contributed by atoms with Gasteiger partial charge < -0.3 is 20.7 Å². The van der Waals surface area contributed by atoms with E-state index in [0.717, 1.165) is 36.9 Å². The maximum Gasteiger partial charge on any atom is 0.249 e. The Morgan fingerprint density at radius 2 is 2.04 bits per heavy atom. The number of hydrogen-bond acceptors (Lipinski definition) is 4. The van der Waals surface area contributed by atoms with Crippen molar-refractivity contribution < 1.29 is 14.3 Å². The van der Waals surface area contributed by atoms with E-state index in [2.05, 4.69) is 5.32 Å². The van der Waals surface area contributed by atoms with Gasteiger partial charge in [0.15, 0.2) is 0 Å². The topological polar surface area (TPSA) is 84.7 Å². The lowest BCUT2D eigenvalue weighted by Gasteiger charge is -2.19. The van der Waals surface area contributed by atoms with E-state index in [1.807, 2.05) is 29.2 Å². The third-order valence-electron chi connectivity index (χ3n) is 4.77. The zero-order chi connectivity index (χ0) is 16.9. The summed E-state index contributed by atoms with van der Waals surface area (Å²) in [7, 11) is 0. The summed E-state index contributed by atoms with van der Waals surface area (Å²) < 4.78 is 5.62. The second-order valence-electron chi connectivity index (χ2n) is 6.47. The van der Waals surface area contributed by atoms with Gasteiger partial charge in [0.2, 0.25) is 11.8 Å². The first kappa shape index (κ1) is 19.7. The second-order valence-corrected chi connectivity index (χ2v) is 6.47. The minimum atomic E-state index is -0.397. The molecule has 1 aromatic carbocycles. The van der Waals surface area contributed by atoms with Crippen LogP contribution in [-0.4, -0.2) is 42.0 Å². The maximum atomic E-state index is 12.2. The van der Waals surface area contributed by atoms with Crippen LogP contribution in [0.15, 0.2) is 24.3 Å². The van der Waals surface area contributed by atoms with Crippen molar-refractivity contribution in [3.8, 4) is 0 Å². The molecular formula is C18H26ClN3O3. The van der Waals surface area contributed by atoms with Gasteiger partial charge in [0, 0.05) is 32.6 Å². The minimum absolute atomic E-state index is 0. The standard InChI is InChI=1S/C18H25N3O3.ClH/c19-10-15-7-8-16(24-15)18(23)20-11-13-4-1-2-5-14(13)12-21-9-3-6-17(21)22;/h1-2,4-5,15-16H,3,6-12,19H2,(H,20,23);1H/t15-,16+;/m1./s1. The molecule has 2 fully saturated rings. The van der Waals surface area contributed by atoms with E-state index in [9.17, 15) is 9.59 Å². The molecule has 2 saturated heterocycles. The van der Waals surface area contributed by atoms with E-state index in [1.165, 1.54) is 0 Å². The van der Waals surface area contributed by atoms with Crippen LogP contribution in [0.3, 0.4) is 0 Å². The number of benzene rings is 1. The van der Waals surface area contributed by atoms with E-state index >= 15 is 0 Å². The maximum absolute atomic E-state index is 12.2. The van der Waals surface area contributed by atoms with Crippen molar-refractivity contribution in [2.45, 2.75) is 51.0 Å². The number of rotatable bonds is 6. The molecule has 25 heavy (non-hydrogen) atoms. The van der Waals surface area contributed by atoms with Crippen LogP contribution < -0.4 is 11.1 Å². The van der Waals surface area contributed by atoms with Crippen molar-refractivity contribution in [1.82, 2.24) is 10.2 Å². The molecular weight excluding hydrogens is 342 g/mol. The van der Waals surface area contributed by atoms with Crippen LogP contribution in [-0.2, 0) is 27.4 Å². The third-order valence-corrected chi connectivity index (χ3v) is 4.77. The molecule has 6 nitrogen and oxygen atoms in total. The molecule has 0 saturated carbocycles. The van der Waals surface area contributed by atoms with E-state index < -0.39 is 6.10 Å². The van der Waals surface area contributed by atoms with Gasteiger partial charge >= 0.3 is 0 Å². The van der Waals surface area contributed by atoms with Crippen molar-refractivity contribution in [1.29, 1.82) is 0 Å². The van der Waals surface area contributed by atoms with Crippen molar-refractivity contribution in [2.75, 3.05) is 13.1 Å². The first-order valence-electron chi connectivity index (χ1n) is 8.65. The number of carbonyl (C=O) groups excluding carboxylic acids is 2. The summed E-state index contributed by atoms with van der Waals surface area (Å²) in [5.41, 5.74) is 7.71. The van der Waals surface area contributed by atoms with E-state index in [-0.39, 0.29) is 30.3 Å². The van der Waals surface area contributed by atoms with Crippen molar-refractivity contribution >= 4 is 24.2 Å². The normalized spacial score (nSPS) is 22.8. The Hall–Kier alpha value is -1.63. The van der Waals surface area contributed by atoms with Crippen molar-refractivity contribution in [3.05, 3.63) is 35.4 Å². The Morgan fingerprint density at radius 3 is 2.68 bits per heavy atom. The fourth-order valence-electron chi connectivity index (χ4n) is 3.33. The summed E-state index contributed by atoms with van der Waals surface area (Å²) in [5, 5.41) is 2.95. The SMILES string of the molecule is Cl.NC[C@H]1CC[C@@H](C(=O)NCc2ccccc2CN2CCCC2=O)O1. The lowest BCUT2D eigenvalue weighted by Crippen LogP contribution is -2.35. The number of nitrogens with zero attached hydrogens (tertiary/aromatic N) is 1. The fraction of sp³-hybridized carbons (Fsp3) is 0.556. The zero-order valence-corrected chi connectivity index (χ0v) is 15.1. The summed E-state index contributed by atoms with van der Waals surface area (Å²) in [6.45, 7) is 2.33. The summed E-state index contributed by atoms with van der Waals surface area (Å²) in [5.74, 6) is 0.124. The van der Waals surface area contributed by atoms with Crippen LogP contribution in [0.25, 0.3) is 0 Å². The highest BCUT2D eigenvalue weighted by Gasteiger charge is 2.29. The molecule has 2 atom stereocenters. The molecule has 3 N–H and O–H groups in total. The predicted molar refractivity (Wildman–Crippen MR) is 97.1 cm³/mol. The number of hydrogen-bond donors (Lipinski definition) is 2. The number of nitrogens with one attached hydrogen (secondary N) is 1. The molecule has 0 spiro atoms. The van der Waals surface area contributed by atoms with Crippen LogP contribution >= 0.6 is 12.4 Å². The van der Waals surface area contributed by atoms with E-state index in [0.29, 0.717) is 26.1 Å². The van der Waals surface area contributed by atoms with Gasteiger partial charge in [-0.05, 0) is 30.4 Å². The number of nitrogens with two attached hydrogens (primary N) is 1. The molecule has 1 aromatic rings. The second kappa shape index (κ2) is 9.17. The summed E-state index contributed by atoms with van der Waals surface area (Å²) in [6.07, 6.45) is 2.72. The molecule has 2 aliphatic rings. The van der Waals surface area contributed by atoms with Gasteiger partial charge in [0.25, 0.3) is 0 Å². The molecule has 0 bridgehead atoms. The van der Waals surface area contributed by atoms with E-state index in [1.54, 1.807) is 0 Å². The summed E-state index contributed by atoms with van der Waals surface area (Å²) in [4.78, 5) is 25.9. The zero-order valence-electron chi connectivity index (χ0n) is 14.3. The Balaban J connectivity index is 0.00000225. The smallest absolute Gasteiger partial charge is 0.249 e.